The number of hydrogen-bond donors (Lipinski definition) is 0. The predicted octanol–water partition coefficient (Wildman–Crippen LogP) is 3.03. The molecule has 14 heavy (non-hydrogen) atoms. The van der Waals surface area contributed by atoms with E-state index in [0.717, 1.165) is 13.0 Å². The van der Waals surface area contributed by atoms with Crippen molar-refractivity contribution in [3.63, 3.8) is 0 Å². The highest BCUT2D eigenvalue weighted by atomic mass is 16.5. The molecule has 72 valence electrons. The van der Waals surface area contributed by atoms with Crippen LogP contribution in [0.25, 0.3) is 10.8 Å². The van der Waals surface area contributed by atoms with Crippen molar-refractivity contribution in [2.45, 2.75) is 6.42 Å². The van der Waals surface area contributed by atoms with E-state index >= 15 is 0 Å². The maximum Gasteiger partial charge on any atom is 0.0502 e. The molecule has 1 heteroatoms. The first-order valence-corrected chi connectivity index (χ1v) is 4.87. The number of hydrogen-bond acceptors (Lipinski definition) is 1. The molecular weight excluding hydrogens is 172 g/mol. The van der Waals surface area contributed by atoms with Gasteiger partial charge in [-0.15, -0.1) is 0 Å². The van der Waals surface area contributed by atoms with Crippen LogP contribution in [0.3, 0.4) is 0 Å². The Bertz CT molecular complexity index is 415. The average Bonchev–Trinajstić information content (AvgIpc) is 2.26. The molecule has 2 rings (SSSR count). The molecule has 0 fully saturated rings. The summed E-state index contributed by atoms with van der Waals surface area (Å²) in [4.78, 5) is 0. The van der Waals surface area contributed by atoms with Crippen molar-refractivity contribution in [2.24, 2.45) is 0 Å². The number of fused-ring (bicyclic) bond motifs is 1. The van der Waals surface area contributed by atoms with Gasteiger partial charge in [-0.3, -0.25) is 0 Å². The Morgan fingerprint density at radius 3 is 2.64 bits per heavy atom. The minimum atomic E-state index is 0.786. The van der Waals surface area contributed by atoms with Crippen LogP contribution >= 0.6 is 0 Å². The van der Waals surface area contributed by atoms with E-state index in [1.54, 1.807) is 7.11 Å². The SMILES string of the molecule is COCCc1cccc2ccccc12. The van der Waals surface area contributed by atoms with Gasteiger partial charge in [0.1, 0.15) is 0 Å². The van der Waals surface area contributed by atoms with Crippen molar-refractivity contribution < 1.29 is 4.74 Å². The lowest BCUT2D eigenvalue weighted by Crippen LogP contribution is -1.94. The molecule has 2 aromatic carbocycles. The van der Waals surface area contributed by atoms with Crippen LogP contribution in [0.15, 0.2) is 42.5 Å². The summed E-state index contributed by atoms with van der Waals surface area (Å²) in [5.74, 6) is 0. The minimum absolute atomic E-state index is 0.786. The Morgan fingerprint density at radius 1 is 1.00 bits per heavy atom. The van der Waals surface area contributed by atoms with Gasteiger partial charge in [-0.25, -0.2) is 0 Å². The molecule has 0 amide bonds. The highest BCUT2D eigenvalue weighted by molar-refractivity contribution is 5.85. The van der Waals surface area contributed by atoms with Crippen molar-refractivity contribution in [1.82, 2.24) is 0 Å². The molecular formula is C13H14O. The van der Waals surface area contributed by atoms with Crippen LogP contribution in [0.5, 0.6) is 0 Å². The van der Waals surface area contributed by atoms with Gasteiger partial charge in [0.05, 0.1) is 6.61 Å². The summed E-state index contributed by atoms with van der Waals surface area (Å²) in [6.07, 6.45) is 0.984. The zero-order chi connectivity index (χ0) is 9.80. The van der Waals surface area contributed by atoms with Crippen LogP contribution in [0.1, 0.15) is 5.56 Å². The van der Waals surface area contributed by atoms with Gasteiger partial charge in [0.2, 0.25) is 0 Å². The lowest BCUT2D eigenvalue weighted by molar-refractivity contribution is 0.202. The summed E-state index contributed by atoms with van der Waals surface area (Å²) < 4.78 is 5.09. The number of rotatable bonds is 3. The monoisotopic (exact) mass is 186 g/mol. The molecule has 0 saturated heterocycles. The van der Waals surface area contributed by atoms with Gasteiger partial charge in [-0.1, -0.05) is 42.5 Å². The standard InChI is InChI=1S/C13H14O/c1-14-10-9-12-7-4-6-11-5-2-3-8-13(11)12/h2-8H,9-10H2,1H3. The minimum Gasteiger partial charge on any atom is -0.384 e. The topological polar surface area (TPSA) is 9.23 Å². The molecule has 1 nitrogen and oxygen atoms in total. The molecule has 0 saturated carbocycles. The molecule has 0 aliphatic carbocycles. The van der Waals surface area contributed by atoms with E-state index in [2.05, 4.69) is 42.5 Å². The van der Waals surface area contributed by atoms with Gasteiger partial charge in [0.25, 0.3) is 0 Å². The van der Waals surface area contributed by atoms with Crippen molar-refractivity contribution in [3.05, 3.63) is 48.0 Å². The van der Waals surface area contributed by atoms with Gasteiger partial charge in [0, 0.05) is 7.11 Å². The molecule has 0 radical (unpaired) electrons. The third kappa shape index (κ3) is 1.78. The van der Waals surface area contributed by atoms with Crippen molar-refractivity contribution in [3.8, 4) is 0 Å². The van der Waals surface area contributed by atoms with Crippen LogP contribution < -0.4 is 0 Å². The summed E-state index contributed by atoms with van der Waals surface area (Å²) in [6, 6.07) is 14.9. The molecule has 0 aromatic heterocycles. The first kappa shape index (κ1) is 9.22. The van der Waals surface area contributed by atoms with Crippen LogP contribution in [-0.2, 0) is 11.2 Å². The van der Waals surface area contributed by atoms with E-state index in [1.807, 2.05) is 0 Å². The predicted molar refractivity (Wildman–Crippen MR) is 59.5 cm³/mol. The second-order valence-corrected chi connectivity index (χ2v) is 3.38. The summed E-state index contributed by atoms with van der Waals surface area (Å²) in [6.45, 7) is 0.786. The van der Waals surface area contributed by atoms with E-state index in [0.29, 0.717) is 0 Å². The maximum atomic E-state index is 5.09. The van der Waals surface area contributed by atoms with Crippen molar-refractivity contribution in [1.29, 1.82) is 0 Å². The number of methoxy groups -OCH3 is 1. The lowest BCUT2D eigenvalue weighted by atomic mass is 10.0. The molecule has 0 N–H and O–H groups in total. The molecule has 0 aliphatic heterocycles. The lowest BCUT2D eigenvalue weighted by Gasteiger charge is -2.05. The Balaban J connectivity index is 2.43. The fourth-order valence-electron chi connectivity index (χ4n) is 1.72. The zero-order valence-corrected chi connectivity index (χ0v) is 8.36. The van der Waals surface area contributed by atoms with Crippen molar-refractivity contribution >= 4 is 10.8 Å². The molecule has 0 atom stereocenters. The molecule has 0 bridgehead atoms. The van der Waals surface area contributed by atoms with Crippen LogP contribution in [0.2, 0.25) is 0 Å². The molecule has 0 unspecified atom stereocenters. The largest absolute Gasteiger partial charge is 0.384 e. The van der Waals surface area contributed by atoms with Gasteiger partial charge in [0.15, 0.2) is 0 Å². The summed E-state index contributed by atoms with van der Waals surface area (Å²) >= 11 is 0. The quantitative estimate of drug-likeness (QED) is 0.716. The Kier molecular flexibility index (Phi) is 2.80. The van der Waals surface area contributed by atoms with E-state index in [-0.39, 0.29) is 0 Å². The summed E-state index contributed by atoms with van der Waals surface area (Å²) in [7, 11) is 1.74. The van der Waals surface area contributed by atoms with Crippen LogP contribution in [-0.4, -0.2) is 13.7 Å². The summed E-state index contributed by atoms with van der Waals surface area (Å²) in [5, 5.41) is 2.65. The zero-order valence-electron chi connectivity index (χ0n) is 8.36. The van der Waals surface area contributed by atoms with Crippen molar-refractivity contribution in [2.75, 3.05) is 13.7 Å². The van der Waals surface area contributed by atoms with Crippen LogP contribution in [0, 0.1) is 0 Å². The second kappa shape index (κ2) is 4.25. The molecule has 0 spiro atoms. The number of benzene rings is 2. The van der Waals surface area contributed by atoms with E-state index < -0.39 is 0 Å². The van der Waals surface area contributed by atoms with Gasteiger partial charge in [-0.05, 0) is 22.8 Å². The van der Waals surface area contributed by atoms with E-state index in [9.17, 15) is 0 Å². The Morgan fingerprint density at radius 2 is 1.79 bits per heavy atom. The van der Waals surface area contributed by atoms with Crippen LogP contribution in [0.4, 0.5) is 0 Å². The van der Waals surface area contributed by atoms with Gasteiger partial charge in [-0.2, -0.15) is 0 Å². The fraction of sp³-hybridized carbons (Fsp3) is 0.231. The number of ether oxygens (including phenoxy) is 1. The molecule has 0 heterocycles. The van der Waals surface area contributed by atoms with Gasteiger partial charge < -0.3 is 4.74 Å². The normalized spacial score (nSPS) is 10.6. The molecule has 2 aromatic rings. The smallest absolute Gasteiger partial charge is 0.0502 e. The average molecular weight is 186 g/mol. The Labute approximate surface area is 84.3 Å². The highest BCUT2D eigenvalue weighted by Crippen LogP contribution is 2.18. The van der Waals surface area contributed by atoms with E-state index in [4.69, 9.17) is 4.74 Å². The first-order chi connectivity index (χ1) is 6.92. The fourth-order valence-corrected chi connectivity index (χ4v) is 1.72. The molecule has 0 aliphatic rings. The van der Waals surface area contributed by atoms with E-state index in [1.165, 1.54) is 16.3 Å². The second-order valence-electron chi connectivity index (χ2n) is 3.38. The summed E-state index contributed by atoms with van der Waals surface area (Å²) in [5.41, 5.74) is 1.37. The first-order valence-electron chi connectivity index (χ1n) is 4.87. The Hall–Kier alpha value is -1.34. The third-order valence-electron chi connectivity index (χ3n) is 2.46. The van der Waals surface area contributed by atoms with Gasteiger partial charge >= 0.3 is 0 Å². The maximum absolute atomic E-state index is 5.09. The highest BCUT2D eigenvalue weighted by Gasteiger charge is 1.98. The third-order valence-corrected chi connectivity index (χ3v) is 2.46.